The van der Waals surface area contributed by atoms with E-state index in [1.165, 1.54) is 0 Å². The molecule has 0 bridgehead atoms. The molecule has 7 nitrogen and oxygen atoms in total. The first-order valence-corrected chi connectivity index (χ1v) is 11.2. The summed E-state index contributed by atoms with van der Waals surface area (Å²) in [4.78, 5) is 22.6. The van der Waals surface area contributed by atoms with Crippen molar-refractivity contribution in [2.75, 3.05) is 39.6 Å². The van der Waals surface area contributed by atoms with Gasteiger partial charge in [-0.25, -0.2) is 4.79 Å². The zero-order valence-corrected chi connectivity index (χ0v) is 19.3. The van der Waals surface area contributed by atoms with E-state index in [0.29, 0.717) is 44.6 Å². The van der Waals surface area contributed by atoms with Gasteiger partial charge in [0.25, 0.3) is 0 Å². The van der Waals surface area contributed by atoms with Gasteiger partial charge in [0.2, 0.25) is 5.91 Å². The lowest BCUT2D eigenvalue weighted by Gasteiger charge is -2.26. The second kappa shape index (κ2) is 22.3. The molecule has 1 aliphatic carbocycles. The average Bonchev–Trinajstić information content (AvgIpc) is 2.73. The Morgan fingerprint density at radius 2 is 1.43 bits per heavy atom. The summed E-state index contributed by atoms with van der Waals surface area (Å²) in [6.45, 7) is 12.2. The van der Waals surface area contributed by atoms with E-state index in [1.54, 1.807) is 6.92 Å². The zero-order chi connectivity index (χ0) is 21.6. The van der Waals surface area contributed by atoms with Gasteiger partial charge in [-0.2, -0.15) is 12.6 Å². The smallest absolute Gasteiger partial charge is 0.407 e. The number of alkyl carbamates (subject to hydrolysis) is 1. The minimum atomic E-state index is -0.385. The van der Waals surface area contributed by atoms with Crippen LogP contribution in [0.2, 0.25) is 0 Å². The second-order valence-electron chi connectivity index (χ2n) is 5.71. The fraction of sp³-hybridized carbons (Fsp3) is 0.900. The number of ether oxygens (including phenoxy) is 3. The molecule has 0 aromatic carbocycles. The quantitative estimate of drug-likeness (QED) is 0.350. The Bertz CT molecular complexity index is 365. The highest BCUT2D eigenvalue weighted by atomic mass is 32.1. The van der Waals surface area contributed by atoms with Crippen molar-refractivity contribution in [2.24, 2.45) is 0 Å². The van der Waals surface area contributed by atoms with Gasteiger partial charge in [-0.05, 0) is 25.7 Å². The lowest BCUT2D eigenvalue weighted by atomic mass is 9.95. The molecule has 0 heterocycles. The summed E-state index contributed by atoms with van der Waals surface area (Å²) in [5.41, 5.74) is 0. The second-order valence-corrected chi connectivity index (χ2v) is 6.44. The van der Waals surface area contributed by atoms with Crippen LogP contribution in [0.5, 0.6) is 0 Å². The van der Waals surface area contributed by atoms with E-state index in [9.17, 15) is 9.59 Å². The number of hydrogen-bond acceptors (Lipinski definition) is 6. The summed E-state index contributed by atoms with van der Waals surface area (Å²) >= 11 is 4.43. The molecule has 8 heteroatoms. The fourth-order valence-corrected chi connectivity index (χ4v) is 2.63. The number of rotatable bonds is 11. The first-order valence-electron chi connectivity index (χ1n) is 10.6. The van der Waals surface area contributed by atoms with Gasteiger partial charge in [-0.3, -0.25) is 4.79 Å². The van der Waals surface area contributed by atoms with Crippen LogP contribution in [-0.4, -0.2) is 62.9 Å². The molecule has 0 radical (unpaired) electrons. The van der Waals surface area contributed by atoms with Crippen molar-refractivity contribution in [1.29, 1.82) is 0 Å². The predicted octanol–water partition coefficient (Wildman–Crippen LogP) is 3.57. The van der Waals surface area contributed by atoms with Crippen LogP contribution in [0.25, 0.3) is 0 Å². The molecule has 0 spiro atoms. The van der Waals surface area contributed by atoms with Gasteiger partial charge in [-0.1, -0.05) is 34.6 Å². The van der Waals surface area contributed by atoms with E-state index >= 15 is 0 Å². The minimum Gasteiger partial charge on any atom is -0.447 e. The third-order valence-corrected chi connectivity index (χ3v) is 4.26. The summed E-state index contributed by atoms with van der Waals surface area (Å²) < 4.78 is 15.7. The maximum atomic E-state index is 11.6. The molecular formula is C20H42N2O5S. The van der Waals surface area contributed by atoms with E-state index in [-0.39, 0.29) is 24.6 Å². The van der Waals surface area contributed by atoms with Crippen molar-refractivity contribution in [3.8, 4) is 0 Å². The van der Waals surface area contributed by atoms with Gasteiger partial charge in [0.15, 0.2) is 0 Å². The number of nitrogens with one attached hydrogen (secondary N) is 2. The minimum absolute atomic E-state index is 0.0175. The summed E-state index contributed by atoms with van der Waals surface area (Å²) in [5.74, 6) is 0.0175. The summed E-state index contributed by atoms with van der Waals surface area (Å²) in [6, 6.07) is 0.198. The highest BCUT2D eigenvalue weighted by molar-refractivity contribution is 7.80. The molecule has 1 saturated carbocycles. The van der Waals surface area contributed by atoms with Crippen LogP contribution in [-0.2, 0) is 19.0 Å². The van der Waals surface area contributed by atoms with Crippen LogP contribution < -0.4 is 10.6 Å². The van der Waals surface area contributed by atoms with Crippen LogP contribution >= 0.6 is 12.6 Å². The molecule has 2 amide bonds. The molecule has 1 rings (SSSR count). The van der Waals surface area contributed by atoms with E-state index in [0.717, 1.165) is 25.7 Å². The molecule has 0 saturated heterocycles. The molecule has 1 aliphatic rings. The van der Waals surface area contributed by atoms with Gasteiger partial charge >= 0.3 is 6.09 Å². The lowest BCUT2D eigenvalue weighted by Crippen LogP contribution is -2.38. The number of thiol groups is 1. The van der Waals surface area contributed by atoms with E-state index in [2.05, 4.69) is 23.3 Å². The van der Waals surface area contributed by atoms with Crippen molar-refractivity contribution >= 4 is 24.6 Å². The number of carbonyl (C=O) groups is 2. The summed E-state index contributed by atoms with van der Waals surface area (Å²) in [6.07, 6.45) is 4.06. The number of amides is 2. The van der Waals surface area contributed by atoms with Gasteiger partial charge < -0.3 is 24.8 Å². The third-order valence-electron chi connectivity index (χ3n) is 3.74. The topological polar surface area (TPSA) is 85.9 Å². The van der Waals surface area contributed by atoms with Gasteiger partial charge in [-0.15, -0.1) is 0 Å². The Labute approximate surface area is 177 Å². The first kappa shape index (κ1) is 29.2. The van der Waals surface area contributed by atoms with Crippen LogP contribution in [0.1, 0.15) is 66.7 Å². The third kappa shape index (κ3) is 18.4. The predicted molar refractivity (Wildman–Crippen MR) is 117 cm³/mol. The molecule has 168 valence electrons. The SMILES string of the molecule is CC.CC.CCC(=O)NCCOCCOCCOC(=O)NC1CCC(S)CC1. The van der Waals surface area contributed by atoms with E-state index < -0.39 is 0 Å². The molecule has 2 N–H and O–H groups in total. The Kier molecular flexibility index (Phi) is 23.3. The summed E-state index contributed by atoms with van der Waals surface area (Å²) in [5, 5.41) is 6.04. The first-order chi connectivity index (χ1) is 13.6. The monoisotopic (exact) mass is 422 g/mol. The van der Waals surface area contributed by atoms with E-state index in [1.807, 2.05) is 27.7 Å². The van der Waals surface area contributed by atoms with Crippen LogP contribution in [0.4, 0.5) is 4.79 Å². The maximum Gasteiger partial charge on any atom is 0.407 e. The van der Waals surface area contributed by atoms with Crippen molar-refractivity contribution in [3.63, 3.8) is 0 Å². The van der Waals surface area contributed by atoms with Gasteiger partial charge in [0.1, 0.15) is 6.61 Å². The molecule has 0 aliphatic heterocycles. The number of carbonyl (C=O) groups excluding carboxylic acids is 2. The largest absolute Gasteiger partial charge is 0.447 e. The van der Waals surface area contributed by atoms with Gasteiger partial charge in [0, 0.05) is 24.3 Å². The molecule has 0 atom stereocenters. The van der Waals surface area contributed by atoms with Crippen molar-refractivity contribution in [2.45, 2.75) is 78.0 Å². The van der Waals surface area contributed by atoms with Crippen LogP contribution in [0, 0.1) is 0 Å². The molecular weight excluding hydrogens is 380 g/mol. The highest BCUT2D eigenvalue weighted by Crippen LogP contribution is 2.22. The molecule has 1 fully saturated rings. The maximum absolute atomic E-state index is 11.6. The summed E-state index contributed by atoms with van der Waals surface area (Å²) in [7, 11) is 0. The Hall–Kier alpha value is -0.990. The Balaban J connectivity index is 0. The fourth-order valence-electron chi connectivity index (χ4n) is 2.33. The Morgan fingerprint density at radius 1 is 0.893 bits per heavy atom. The highest BCUT2D eigenvalue weighted by Gasteiger charge is 2.20. The Morgan fingerprint density at radius 3 is 2.00 bits per heavy atom. The lowest BCUT2D eigenvalue weighted by molar-refractivity contribution is -0.121. The number of hydrogen-bond donors (Lipinski definition) is 3. The van der Waals surface area contributed by atoms with E-state index in [4.69, 9.17) is 14.2 Å². The molecule has 28 heavy (non-hydrogen) atoms. The average molecular weight is 423 g/mol. The van der Waals surface area contributed by atoms with Crippen molar-refractivity contribution in [1.82, 2.24) is 10.6 Å². The van der Waals surface area contributed by atoms with Crippen molar-refractivity contribution in [3.05, 3.63) is 0 Å². The zero-order valence-electron chi connectivity index (χ0n) is 18.4. The molecule has 0 unspecified atom stereocenters. The molecule has 0 aromatic rings. The normalized spacial score (nSPS) is 17.9. The van der Waals surface area contributed by atoms with Crippen LogP contribution in [0.15, 0.2) is 0 Å². The standard InChI is InChI=1S/C16H30N2O5S.2C2H6/c1-2-15(19)17-7-8-21-9-10-22-11-12-23-16(20)18-13-3-5-14(24)6-4-13;2*1-2/h13-14,24H,2-12H2,1H3,(H,17,19)(H,18,20);2*1-2H3. The van der Waals surface area contributed by atoms with Crippen LogP contribution in [0.3, 0.4) is 0 Å². The van der Waals surface area contributed by atoms with Crippen molar-refractivity contribution < 1.29 is 23.8 Å². The molecule has 0 aromatic heterocycles. The van der Waals surface area contributed by atoms with Gasteiger partial charge in [0.05, 0.1) is 26.4 Å².